The highest BCUT2D eigenvalue weighted by molar-refractivity contribution is 7.90. The summed E-state index contributed by atoms with van der Waals surface area (Å²) >= 11 is 0. The molecule has 0 spiro atoms. The van der Waals surface area contributed by atoms with Gasteiger partial charge in [-0.05, 0) is 46.2 Å². The Kier molecular flexibility index (Phi) is 5.69. The molecule has 0 fully saturated rings. The Balaban J connectivity index is 1.85. The minimum Gasteiger partial charge on any atom is -0.495 e. The number of nitrogens with zero attached hydrogens (tertiary/aromatic N) is 3. The lowest BCUT2D eigenvalue weighted by atomic mass is 9.98. The molecule has 0 saturated carbocycles. The van der Waals surface area contributed by atoms with Gasteiger partial charge in [-0.3, -0.25) is 0 Å². The molecule has 10 heteroatoms. The number of aromatic amines is 1. The van der Waals surface area contributed by atoms with Crippen molar-refractivity contribution in [1.82, 2.24) is 20.6 Å². The molecule has 0 radical (unpaired) electrons. The van der Waals surface area contributed by atoms with Crippen molar-refractivity contribution < 1.29 is 23.1 Å². The van der Waals surface area contributed by atoms with Crippen molar-refractivity contribution in [2.75, 3.05) is 7.11 Å². The first-order valence-corrected chi connectivity index (χ1v) is 11.1. The Hall–Kier alpha value is -4.05. The molecule has 0 saturated heterocycles. The smallest absolute Gasteiger partial charge is 0.335 e. The van der Waals surface area contributed by atoms with Crippen LogP contribution in [0.25, 0.3) is 22.5 Å². The first-order chi connectivity index (χ1) is 15.4. The van der Waals surface area contributed by atoms with Gasteiger partial charge in [0.1, 0.15) is 10.6 Å². The van der Waals surface area contributed by atoms with Crippen molar-refractivity contribution in [2.45, 2.75) is 10.6 Å². The Morgan fingerprint density at radius 1 is 1.03 bits per heavy atom. The number of nitrogens with one attached hydrogen (secondary N) is 1. The molecule has 0 aliphatic carbocycles. The third kappa shape index (κ3) is 4.21. The summed E-state index contributed by atoms with van der Waals surface area (Å²) in [5, 5.41) is 23.2. The van der Waals surface area contributed by atoms with Crippen LogP contribution in [0.1, 0.15) is 15.9 Å². The zero-order valence-electron chi connectivity index (χ0n) is 16.9. The van der Waals surface area contributed by atoms with E-state index in [2.05, 4.69) is 20.6 Å². The van der Waals surface area contributed by atoms with Crippen LogP contribution in [0, 0.1) is 0 Å². The van der Waals surface area contributed by atoms with E-state index in [0.717, 1.165) is 17.2 Å². The van der Waals surface area contributed by atoms with Gasteiger partial charge in [0.15, 0.2) is 9.84 Å². The van der Waals surface area contributed by atoms with Gasteiger partial charge in [0.25, 0.3) is 0 Å². The number of benzene rings is 3. The van der Waals surface area contributed by atoms with E-state index >= 15 is 0 Å². The summed E-state index contributed by atoms with van der Waals surface area (Å²) in [5.41, 5.74) is 2.50. The molecule has 1 aromatic heterocycles. The molecular formula is C22H18N4O5S. The lowest BCUT2D eigenvalue weighted by molar-refractivity contribution is 0.0696. The minimum atomic E-state index is -3.98. The number of carboxylic acids is 1. The van der Waals surface area contributed by atoms with Gasteiger partial charge < -0.3 is 9.84 Å². The quantitative estimate of drug-likeness (QED) is 0.438. The predicted octanol–water partition coefficient (Wildman–Crippen LogP) is 3.21. The van der Waals surface area contributed by atoms with Crippen LogP contribution in [-0.2, 0) is 15.6 Å². The van der Waals surface area contributed by atoms with Crippen molar-refractivity contribution in [3.8, 4) is 28.3 Å². The zero-order chi connectivity index (χ0) is 22.7. The van der Waals surface area contributed by atoms with Crippen LogP contribution in [0.4, 0.5) is 0 Å². The number of sulfone groups is 1. The predicted molar refractivity (Wildman–Crippen MR) is 116 cm³/mol. The molecule has 0 bridgehead atoms. The fraction of sp³-hybridized carbons (Fsp3) is 0.0909. The summed E-state index contributed by atoms with van der Waals surface area (Å²) in [6, 6.07) is 18.4. The van der Waals surface area contributed by atoms with Gasteiger partial charge >= 0.3 is 5.97 Å². The van der Waals surface area contributed by atoms with E-state index in [1.54, 1.807) is 18.2 Å². The van der Waals surface area contributed by atoms with Crippen LogP contribution in [0.3, 0.4) is 0 Å². The molecule has 0 atom stereocenters. The van der Waals surface area contributed by atoms with Crippen LogP contribution in [0.15, 0.2) is 71.6 Å². The molecule has 3 aromatic carbocycles. The number of carboxylic acid groups (broad SMARTS) is 1. The number of methoxy groups -OCH3 is 1. The molecule has 32 heavy (non-hydrogen) atoms. The maximum Gasteiger partial charge on any atom is 0.335 e. The van der Waals surface area contributed by atoms with Gasteiger partial charge in [0, 0.05) is 5.56 Å². The standard InChI is InChI=1S/C22H18N4O5S/c1-31-19-10-8-16(22(27)28)12-20(19)32(29,30)13-17-11-15(21-23-25-26-24-21)7-9-18(17)14-5-3-2-4-6-14/h2-12H,13H2,1H3,(H,27,28)(H,23,24,25,26). The van der Waals surface area contributed by atoms with Crippen molar-refractivity contribution >= 4 is 15.8 Å². The van der Waals surface area contributed by atoms with E-state index in [-0.39, 0.29) is 22.0 Å². The highest BCUT2D eigenvalue weighted by atomic mass is 32.2. The van der Waals surface area contributed by atoms with Crippen molar-refractivity contribution in [2.24, 2.45) is 0 Å². The molecule has 0 aliphatic heterocycles. The Morgan fingerprint density at radius 3 is 2.47 bits per heavy atom. The molecule has 9 nitrogen and oxygen atoms in total. The summed E-state index contributed by atoms with van der Waals surface area (Å²) in [6.45, 7) is 0. The largest absolute Gasteiger partial charge is 0.495 e. The number of tetrazole rings is 1. The average Bonchev–Trinajstić information content (AvgIpc) is 3.34. The highest BCUT2D eigenvalue weighted by Crippen LogP contribution is 2.33. The van der Waals surface area contributed by atoms with Gasteiger partial charge in [0.2, 0.25) is 5.82 Å². The Morgan fingerprint density at radius 2 is 1.81 bits per heavy atom. The number of hydrogen-bond donors (Lipinski definition) is 2. The fourth-order valence-corrected chi connectivity index (χ4v) is 4.94. The number of carbonyl (C=O) groups is 1. The van der Waals surface area contributed by atoms with Crippen LogP contribution < -0.4 is 4.74 Å². The maximum absolute atomic E-state index is 13.4. The number of aromatic carboxylic acids is 1. The lowest BCUT2D eigenvalue weighted by Gasteiger charge is -2.14. The maximum atomic E-state index is 13.4. The molecular weight excluding hydrogens is 432 g/mol. The average molecular weight is 450 g/mol. The minimum absolute atomic E-state index is 0.0746. The van der Waals surface area contributed by atoms with Crippen molar-refractivity contribution in [3.05, 3.63) is 77.9 Å². The number of aromatic nitrogens is 4. The number of ether oxygens (including phenoxy) is 1. The zero-order valence-corrected chi connectivity index (χ0v) is 17.7. The molecule has 0 unspecified atom stereocenters. The van der Waals surface area contributed by atoms with Crippen molar-refractivity contribution in [1.29, 1.82) is 0 Å². The van der Waals surface area contributed by atoms with E-state index in [0.29, 0.717) is 17.0 Å². The topological polar surface area (TPSA) is 135 Å². The van der Waals surface area contributed by atoms with E-state index in [1.807, 2.05) is 30.3 Å². The van der Waals surface area contributed by atoms with Crippen LogP contribution in [0.5, 0.6) is 5.75 Å². The summed E-state index contributed by atoms with van der Waals surface area (Å²) in [6.07, 6.45) is 0. The molecule has 162 valence electrons. The summed E-state index contributed by atoms with van der Waals surface area (Å²) in [7, 11) is -2.65. The second kappa shape index (κ2) is 8.60. The number of rotatable bonds is 7. The van der Waals surface area contributed by atoms with E-state index in [4.69, 9.17) is 4.74 Å². The Labute approximate surface area is 183 Å². The van der Waals surface area contributed by atoms with Gasteiger partial charge in [-0.2, -0.15) is 5.21 Å². The van der Waals surface area contributed by atoms with E-state index in [1.165, 1.54) is 19.2 Å². The summed E-state index contributed by atoms with van der Waals surface area (Å²) in [5.74, 6) is -1.21. The SMILES string of the molecule is COc1ccc(C(=O)O)cc1S(=O)(=O)Cc1cc(-c2nn[nH]n2)ccc1-c1ccccc1. The molecule has 2 N–H and O–H groups in total. The van der Waals surface area contributed by atoms with Crippen LogP contribution in [-0.4, -0.2) is 47.2 Å². The van der Waals surface area contributed by atoms with Crippen LogP contribution in [0.2, 0.25) is 0 Å². The van der Waals surface area contributed by atoms with E-state index in [9.17, 15) is 18.3 Å². The van der Waals surface area contributed by atoms with Gasteiger partial charge in [-0.1, -0.05) is 42.5 Å². The number of H-pyrrole nitrogens is 1. The summed E-state index contributed by atoms with van der Waals surface area (Å²) < 4.78 is 32.0. The van der Waals surface area contributed by atoms with Gasteiger partial charge in [-0.25, -0.2) is 13.2 Å². The third-order valence-corrected chi connectivity index (χ3v) is 6.56. The highest BCUT2D eigenvalue weighted by Gasteiger charge is 2.24. The molecule has 4 aromatic rings. The second-order valence-electron chi connectivity index (χ2n) is 6.90. The lowest BCUT2D eigenvalue weighted by Crippen LogP contribution is -2.10. The van der Waals surface area contributed by atoms with Crippen molar-refractivity contribution in [3.63, 3.8) is 0 Å². The molecule has 4 rings (SSSR count). The first kappa shape index (κ1) is 21.2. The molecule has 1 heterocycles. The normalized spacial score (nSPS) is 11.3. The van der Waals surface area contributed by atoms with Gasteiger partial charge in [-0.15, -0.1) is 10.2 Å². The van der Waals surface area contributed by atoms with E-state index < -0.39 is 15.8 Å². The Bertz CT molecular complexity index is 1370. The second-order valence-corrected chi connectivity index (χ2v) is 8.86. The number of hydrogen-bond acceptors (Lipinski definition) is 7. The van der Waals surface area contributed by atoms with Crippen LogP contribution >= 0.6 is 0 Å². The fourth-order valence-electron chi connectivity index (χ4n) is 3.37. The molecule has 0 aliphatic rings. The van der Waals surface area contributed by atoms with Gasteiger partial charge in [0.05, 0.1) is 18.4 Å². The third-order valence-electron chi connectivity index (χ3n) is 4.88. The monoisotopic (exact) mass is 450 g/mol. The first-order valence-electron chi connectivity index (χ1n) is 9.45. The molecule has 0 amide bonds. The summed E-state index contributed by atoms with van der Waals surface area (Å²) in [4.78, 5) is 11.2.